The van der Waals surface area contributed by atoms with Gasteiger partial charge in [-0.25, -0.2) is 0 Å². The topological polar surface area (TPSA) is 23.5 Å². The molecule has 1 rings (SSSR count). The van der Waals surface area contributed by atoms with E-state index in [9.17, 15) is 0 Å². The van der Waals surface area contributed by atoms with Crippen LogP contribution in [0.5, 0.6) is 0 Å². The lowest BCUT2D eigenvalue weighted by atomic mass is 9.95. The van der Waals surface area contributed by atoms with Gasteiger partial charge in [-0.2, -0.15) is 0 Å². The molecule has 0 aromatic carbocycles. The summed E-state index contributed by atoms with van der Waals surface area (Å²) in [4.78, 5) is 2.62. The molecular weight excluding hydrogens is 174 g/mol. The molecule has 0 aliphatic carbocycles. The van der Waals surface area contributed by atoms with E-state index in [0.717, 1.165) is 6.04 Å². The zero-order valence-corrected chi connectivity index (χ0v) is 9.71. The normalized spacial score (nSPS) is 22.5. The van der Waals surface area contributed by atoms with Crippen molar-refractivity contribution in [1.29, 1.82) is 0 Å². The van der Waals surface area contributed by atoms with Crippen LogP contribution in [0.1, 0.15) is 46.0 Å². The van der Waals surface area contributed by atoms with Gasteiger partial charge in [-0.1, -0.05) is 20.3 Å². The maximum absolute atomic E-state index is 9.06. The van der Waals surface area contributed by atoms with E-state index >= 15 is 0 Å². The third-order valence-corrected chi connectivity index (χ3v) is 3.52. The van der Waals surface area contributed by atoms with Crippen molar-refractivity contribution in [3.05, 3.63) is 0 Å². The molecule has 84 valence electrons. The molecule has 1 heterocycles. The van der Waals surface area contributed by atoms with Crippen LogP contribution < -0.4 is 0 Å². The first kappa shape index (κ1) is 12.0. The van der Waals surface area contributed by atoms with Crippen LogP contribution in [-0.4, -0.2) is 35.7 Å². The summed E-state index contributed by atoms with van der Waals surface area (Å²) in [7, 11) is 0. The smallest absolute Gasteiger partial charge is 0.0460 e. The SMILES string of the molecule is CCCC(CC)N1CCC(CO)CC1. The van der Waals surface area contributed by atoms with Crippen molar-refractivity contribution >= 4 is 0 Å². The molecule has 0 spiro atoms. The Kier molecular flexibility index (Phi) is 5.49. The minimum atomic E-state index is 0.387. The highest BCUT2D eigenvalue weighted by molar-refractivity contribution is 4.77. The molecule has 2 nitrogen and oxygen atoms in total. The first-order valence-corrected chi connectivity index (χ1v) is 6.16. The third kappa shape index (κ3) is 3.25. The lowest BCUT2D eigenvalue weighted by molar-refractivity contribution is 0.0943. The zero-order chi connectivity index (χ0) is 10.4. The molecule has 0 amide bonds. The van der Waals surface area contributed by atoms with E-state index in [0.29, 0.717) is 12.5 Å². The summed E-state index contributed by atoms with van der Waals surface area (Å²) in [6, 6.07) is 0.791. The van der Waals surface area contributed by atoms with E-state index in [1.54, 1.807) is 0 Å². The first-order valence-electron chi connectivity index (χ1n) is 6.16. The second-order valence-corrected chi connectivity index (χ2v) is 4.51. The first-order chi connectivity index (χ1) is 6.81. The van der Waals surface area contributed by atoms with E-state index in [1.807, 2.05) is 0 Å². The average molecular weight is 199 g/mol. The Morgan fingerprint density at radius 2 is 1.93 bits per heavy atom. The third-order valence-electron chi connectivity index (χ3n) is 3.52. The minimum absolute atomic E-state index is 0.387. The summed E-state index contributed by atoms with van der Waals surface area (Å²) >= 11 is 0. The molecular formula is C12H25NO. The predicted molar refractivity (Wildman–Crippen MR) is 60.4 cm³/mol. The van der Waals surface area contributed by atoms with Crippen LogP contribution in [0, 0.1) is 5.92 Å². The highest BCUT2D eigenvalue weighted by Gasteiger charge is 2.22. The van der Waals surface area contributed by atoms with E-state index in [1.165, 1.54) is 45.2 Å². The molecule has 1 unspecified atom stereocenters. The largest absolute Gasteiger partial charge is 0.396 e. The molecule has 0 aromatic heterocycles. The maximum atomic E-state index is 9.06. The molecule has 0 radical (unpaired) electrons. The molecule has 1 fully saturated rings. The Balaban J connectivity index is 2.31. The Hall–Kier alpha value is -0.0800. The Bertz CT molecular complexity index is 141. The van der Waals surface area contributed by atoms with Crippen LogP contribution in [0.2, 0.25) is 0 Å². The second-order valence-electron chi connectivity index (χ2n) is 4.51. The van der Waals surface area contributed by atoms with Gasteiger partial charge in [-0.15, -0.1) is 0 Å². The molecule has 1 saturated heterocycles. The molecule has 0 aromatic rings. The van der Waals surface area contributed by atoms with Crippen LogP contribution in [0.4, 0.5) is 0 Å². The van der Waals surface area contributed by atoms with Gasteiger partial charge in [-0.05, 0) is 44.7 Å². The molecule has 1 N–H and O–H groups in total. The van der Waals surface area contributed by atoms with Gasteiger partial charge in [0.1, 0.15) is 0 Å². The van der Waals surface area contributed by atoms with Gasteiger partial charge in [0, 0.05) is 12.6 Å². The van der Waals surface area contributed by atoms with Crippen molar-refractivity contribution in [2.24, 2.45) is 5.92 Å². The van der Waals surface area contributed by atoms with Gasteiger partial charge in [0.2, 0.25) is 0 Å². The van der Waals surface area contributed by atoms with Crippen molar-refractivity contribution in [3.63, 3.8) is 0 Å². The Labute approximate surface area is 88.3 Å². The van der Waals surface area contributed by atoms with E-state index < -0.39 is 0 Å². The van der Waals surface area contributed by atoms with Crippen molar-refractivity contribution in [2.75, 3.05) is 19.7 Å². The van der Waals surface area contributed by atoms with Gasteiger partial charge in [0.15, 0.2) is 0 Å². The fraction of sp³-hybridized carbons (Fsp3) is 1.00. The number of aliphatic hydroxyl groups excluding tert-OH is 1. The lowest BCUT2D eigenvalue weighted by Gasteiger charge is -2.36. The van der Waals surface area contributed by atoms with E-state index in [-0.39, 0.29) is 0 Å². The van der Waals surface area contributed by atoms with Crippen LogP contribution in [0.25, 0.3) is 0 Å². The summed E-state index contributed by atoms with van der Waals surface area (Å²) in [6.07, 6.45) is 6.28. The number of piperidine rings is 1. The van der Waals surface area contributed by atoms with Crippen molar-refractivity contribution in [1.82, 2.24) is 4.90 Å². The molecule has 1 atom stereocenters. The highest BCUT2D eigenvalue weighted by Crippen LogP contribution is 2.21. The van der Waals surface area contributed by atoms with Gasteiger partial charge in [0.25, 0.3) is 0 Å². The zero-order valence-electron chi connectivity index (χ0n) is 9.71. The highest BCUT2D eigenvalue weighted by atomic mass is 16.3. The monoisotopic (exact) mass is 199 g/mol. The number of hydrogen-bond donors (Lipinski definition) is 1. The van der Waals surface area contributed by atoms with Crippen molar-refractivity contribution in [3.8, 4) is 0 Å². The summed E-state index contributed by atoms with van der Waals surface area (Å²) in [5.74, 6) is 0.574. The minimum Gasteiger partial charge on any atom is -0.396 e. The van der Waals surface area contributed by atoms with Gasteiger partial charge in [-0.3, -0.25) is 0 Å². The molecule has 1 aliphatic rings. The molecule has 14 heavy (non-hydrogen) atoms. The molecule has 2 heteroatoms. The lowest BCUT2D eigenvalue weighted by Crippen LogP contribution is -2.41. The van der Waals surface area contributed by atoms with Gasteiger partial charge in [0.05, 0.1) is 0 Å². The quantitative estimate of drug-likeness (QED) is 0.734. The average Bonchev–Trinajstić information content (AvgIpc) is 2.26. The summed E-state index contributed by atoms with van der Waals surface area (Å²) in [5.41, 5.74) is 0. The second kappa shape index (κ2) is 6.41. The summed E-state index contributed by atoms with van der Waals surface area (Å²) in [6.45, 7) is 7.34. The molecule has 0 saturated carbocycles. The summed E-state index contributed by atoms with van der Waals surface area (Å²) < 4.78 is 0. The molecule has 0 bridgehead atoms. The fourth-order valence-electron chi connectivity index (χ4n) is 2.48. The summed E-state index contributed by atoms with van der Waals surface area (Å²) in [5, 5.41) is 9.06. The number of nitrogens with zero attached hydrogens (tertiary/aromatic N) is 1. The van der Waals surface area contributed by atoms with Crippen LogP contribution in [0.3, 0.4) is 0 Å². The number of aliphatic hydroxyl groups is 1. The van der Waals surface area contributed by atoms with Gasteiger partial charge >= 0.3 is 0 Å². The predicted octanol–water partition coefficient (Wildman–Crippen LogP) is 2.27. The number of likely N-dealkylation sites (tertiary alicyclic amines) is 1. The Morgan fingerprint density at radius 3 is 2.36 bits per heavy atom. The standard InChI is InChI=1S/C12H25NO/c1-3-5-12(4-2)13-8-6-11(10-14)7-9-13/h11-12,14H,3-10H2,1-2H3. The van der Waals surface area contributed by atoms with E-state index in [2.05, 4.69) is 18.7 Å². The van der Waals surface area contributed by atoms with Crippen LogP contribution in [0.15, 0.2) is 0 Å². The van der Waals surface area contributed by atoms with Crippen LogP contribution in [-0.2, 0) is 0 Å². The number of hydrogen-bond acceptors (Lipinski definition) is 2. The maximum Gasteiger partial charge on any atom is 0.0460 e. The van der Waals surface area contributed by atoms with Gasteiger partial charge < -0.3 is 10.0 Å². The fourth-order valence-corrected chi connectivity index (χ4v) is 2.48. The van der Waals surface area contributed by atoms with Crippen molar-refractivity contribution < 1.29 is 5.11 Å². The van der Waals surface area contributed by atoms with Crippen LogP contribution >= 0.6 is 0 Å². The molecule has 1 aliphatic heterocycles. The van der Waals surface area contributed by atoms with E-state index in [4.69, 9.17) is 5.11 Å². The number of rotatable bonds is 5. The van der Waals surface area contributed by atoms with Crippen molar-refractivity contribution in [2.45, 2.75) is 52.0 Å². The Morgan fingerprint density at radius 1 is 1.29 bits per heavy atom.